The first-order valence-corrected chi connectivity index (χ1v) is 8.38. The van der Waals surface area contributed by atoms with Crippen molar-refractivity contribution in [2.75, 3.05) is 0 Å². The fourth-order valence-corrected chi connectivity index (χ4v) is 4.95. The van der Waals surface area contributed by atoms with E-state index in [1.165, 1.54) is 0 Å². The topological polar surface area (TPSA) is 51.2 Å². The van der Waals surface area contributed by atoms with E-state index in [1.54, 1.807) is 30.3 Å². The zero-order valence-electron chi connectivity index (χ0n) is 11.8. The van der Waals surface area contributed by atoms with Crippen LogP contribution >= 0.6 is 0 Å². The van der Waals surface area contributed by atoms with Gasteiger partial charge in [0.2, 0.25) is 0 Å². The van der Waals surface area contributed by atoms with Crippen molar-refractivity contribution in [1.82, 2.24) is 0 Å². The third-order valence-corrected chi connectivity index (χ3v) is 6.58. The molecular formula is C16H20O3S. The molecule has 0 amide bonds. The van der Waals surface area contributed by atoms with Crippen molar-refractivity contribution in [2.45, 2.75) is 48.7 Å². The first kappa shape index (κ1) is 15.0. The summed E-state index contributed by atoms with van der Waals surface area (Å²) in [5, 5.41) is 0. The number of aryl methyl sites for hydroxylation is 1. The highest BCUT2D eigenvalue weighted by Crippen LogP contribution is 2.39. The number of allylic oxidation sites excluding steroid dienone is 1. The molecule has 4 heteroatoms. The zero-order chi connectivity index (χ0) is 14.8. The molecule has 0 saturated heterocycles. The number of hydrogen-bond donors (Lipinski definition) is 0. The number of Topliss-reactive ketones (excluding diaryl/α,β-unsaturated/α-hetero) is 1. The van der Waals surface area contributed by atoms with Crippen LogP contribution in [-0.2, 0) is 14.6 Å². The van der Waals surface area contributed by atoms with Gasteiger partial charge >= 0.3 is 0 Å². The number of benzene rings is 1. The molecule has 1 aromatic carbocycles. The van der Waals surface area contributed by atoms with Crippen molar-refractivity contribution in [2.24, 2.45) is 0 Å². The highest BCUT2D eigenvalue weighted by atomic mass is 32.2. The lowest BCUT2D eigenvalue weighted by Gasteiger charge is -2.34. The van der Waals surface area contributed by atoms with Gasteiger partial charge in [-0.3, -0.25) is 4.79 Å². The molecule has 0 unspecified atom stereocenters. The van der Waals surface area contributed by atoms with E-state index >= 15 is 0 Å². The van der Waals surface area contributed by atoms with Gasteiger partial charge in [-0.2, -0.15) is 0 Å². The number of hydrogen-bond acceptors (Lipinski definition) is 3. The Morgan fingerprint density at radius 2 is 1.90 bits per heavy atom. The molecule has 1 aliphatic carbocycles. The third-order valence-electron chi connectivity index (χ3n) is 4.06. The molecule has 1 aliphatic rings. The second kappa shape index (κ2) is 5.52. The van der Waals surface area contributed by atoms with Crippen LogP contribution in [0, 0.1) is 6.92 Å². The summed E-state index contributed by atoms with van der Waals surface area (Å²) in [6, 6.07) is 6.72. The fraction of sp³-hybridized carbons (Fsp3) is 0.438. The molecule has 0 radical (unpaired) electrons. The van der Waals surface area contributed by atoms with Gasteiger partial charge in [0.1, 0.15) is 4.75 Å². The van der Waals surface area contributed by atoms with Crippen molar-refractivity contribution in [1.29, 1.82) is 0 Å². The normalized spacial score (nSPS) is 23.6. The van der Waals surface area contributed by atoms with Gasteiger partial charge in [0, 0.05) is 6.42 Å². The van der Waals surface area contributed by atoms with E-state index < -0.39 is 14.6 Å². The van der Waals surface area contributed by atoms with E-state index in [0.29, 0.717) is 12.8 Å². The minimum absolute atomic E-state index is 0.163. The molecule has 0 spiro atoms. The molecule has 2 rings (SSSR count). The summed E-state index contributed by atoms with van der Waals surface area (Å²) >= 11 is 0. The van der Waals surface area contributed by atoms with E-state index in [4.69, 9.17) is 0 Å². The molecule has 0 aliphatic heterocycles. The van der Waals surface area contributed by atoms with Crippen molar-refractivity contribution in [3.8, 4) is 0 Å². The lowest BCUT2D eigenvalue weighted by Crippen LogP contribution is -2.48. The number of carbonyl (C=O) groups is 1. The van der Waals surface area contributed by atoms with Crippen LogP contribution in [0.15, 0.2) is 41.8 Å². The van der Waals surface area contributed by atoms with Gasteiger partial charge in [0.15, 0.2) is 15.6 Å². The van der Waals surface area contributed by atoms with E-state index in [2.05, 4.69) is 6.58 Å². The fourth-order valence-electron chi connectivity index (χ4n) is 2.85. The SMILES string of the molecule is C=CC[C@]1(S(=O)(=O)c2ccc(C)cc2)CCCCC1=O. The number of carbonyl (C=O) groups excluding carboxylic acids is 1. The average Bonchev–Trinajstić information content (AvgIpc) is 2.42. The van der Waals surface area contributed by atoms with Gasteiger partial charge in [0.05, 0.1) is 4.90 Å². The average molecular weight is 292 g/mol. The molecule has 1 atom stereocenters. The van der Waals surface area contributed by atoms with Crippen molar-refractivity contribution in [3.05, 3.63) is 42.5 Å². The highest BCUT2D eigenvalue weighted by Gasteiger charge is 2.50. The molecule has 20 heavy (non-hydrogen) atoms. The Hall–Kier alpha value is -1.42. The molecule has 1 saturated carbocycles. The molecule has 0 bridgehead atoms. The van der Waals surface area contributed by atoms with Gasteiger partial charge in [-0.25, -0.2) is 8.42 Å². The van der Waals surface area contributed by atoms with Gasteiger partial charge in [-0.15, -0.1) is 6.58 Å². The van der Waals surface area contributed by atoms with Crippen molar-refractivity contribution < 1.29 is 13.2 Å². The Balaban J connectivity index is 2.55. The van der Waals surface area contributed by atoms with Crippen molar-refractivity contribution in [3.63, 3.8) is 0 Å². The summed E-state index contributed by atoms with van der Waals surface area (Å²) < 4.78 is 24.6. The van der Waals surface area contributed by atoms with Crippen molar-refractivity contribution >= 4 is 15.6 Å². The summed E-state index contributed by atoms with van der Waals surface area (Å²) in [4.78, 5) is 12.6. The highest BCUT2D eigenvalue weighted by molar-refractivity contribution is 7.93. The number of rotatable bonds is 4. The predicted molar refractivity (Wildman–Crippen MR) is 79.4 cm³/mol. The lowest BCUT2D eigenvalue weighted by molar-refractivity contribution is -0.123. The first-order valence-electron chi connectivity index (χ1n) is 6.89. The van der Waals surface area contributed by atoms with Crippen LogP contribution in [-0.4, -0.2) is 18.9 Å². The minimum Gasteiger partial charge on any atom is -0.298 e. The molecule has 0 aromatic heterocycles. The van der Waals surface area contributed by atoms with Crippen LogP contribution in [0.4, 0.5) is 0 Å². The second-order valence-electron chi connectivity index (χ2n) is 5.43. The monoisotopic (exact) mass is 292 g/mol. The van der Waals surface area contributed by atoms with Gasteiger partial charge in [-0.1, -0.05) is 30.2 Å². The Kier molecular flexibility index (Phi) is 4.14. The van der Waals surface area contributed by atoms with Crippen LogP contribution in [0.5, 0.6) is 0 Å². The maximum absolute atomic E-state index is 13.0. The second-order valence-corrected chi connectivity index (χ2v) is 7.69. The van der Waals surface area contributed by atoms with Gasteiger partial charge < -0.3 is 0 Å². The standard InChI is InChI=1S/C16H20O3S/c1-3-11-16(12-5-4-6-15(16)17)20(18,19)14-9-7-13(2)8-10-14/h3,7-10H,1,4-6,11-12H2,2H3/t16-/m0/s1. The first-order chi connectivity index (χ1) is 9.44. The maximum Gasteiger partial charge on any atom is 0.191 e. The van der Waals surface area contributed by atoms with E-state index in [9.17, 15) is 13.2 Å². The molecule has 3 nitrogen and oxygen atoms in total. The lowest BCUT2D eigenvalue weighted by atomic mass is 9.85. The van der Waals surface area contributed by atoms with Gasteiger partial charge in [0.25, 0.3) is 0 Å². The van der Waals surface area contributed by atoms with Crippen LogP contribution in [0.25, 0.3) is 0 Å². The van der Waals surface area contributed by atoms with Crippen LogP contribution < -0.4 is 0 Å². The summed E-state index contributed by atoms with van der Waals surface area (Å²) in [6.45, 7) is 5.54. The van der Waals surface area contributed by atoms with E-state index in [0.717, 1.165) is 18.4 Å². The Labute approximate surface area is 120 Å². The Bertz CT molecular complexity index is 614. The zero-order valence-corrected chi connectivity index (χ0v) is 12.6. The summed E-state index contributed by atoms with van der Waals surface area (Å²) in [7, 11) is -3.67. The quantitative estimate of drug-likeness (QED) is 0.801. The molecule has 108 valence electrons. The molecular weight excluding hydrogens is 272 g/mol. The molecule has 1 aromatic rings. The predicted octanol–water partition coefficient (Wildman–Crippen LogP) is 3.23. The largest absolute Gasteiger partial charge is 0.298 e. The smallest absolute Gasteiger partial charge is 0.191 e. The minimum atomic E-state index is -3.67. The van der Waals surface area contributed by atoms with E-state index in [-0.39, 0.29) is 17.1 Å². The van der Waals surface area contributed by atoms with Crippen LogP contribution in [0.2, 0.25) is 0 Å². The summed E-state index contributed by atoms with van der Waals surface area (Å²) in [6.07, 6.45) is 4.04. The van der Waals surface area contributed by atoms with Crippen LogP contribution in [0.1, 0.15) is 37.7 Å². The van der Waals surface area contributed by atoms with Crippen LogP contribution in [0.3, 0.4) is 0 Å². The maximum atomic E-state index is 13.0. The number of sulfone groups is 1. The molecule has 1 fully saturated rings. The number of ketones is 1. The molecule has 0 N–H and O–H groups in total. The molecule has 0 heterocycles. The summed E-state index contributed by atoms with van der Waals surface area (Å²) in [5.41, 5.74) is 0.997. The Morgan fingerprint density at radius 3 is 2.45 bits per heavy atom. The van der Waals surface area contributed by atoms with E-state index in [1.807, 2.05) is 6.92 Å². The third kappa shape index (κ3) is 2.33. The summed E-state index contributed by atoms with van der Waals surface area (Å²) in [5.74, 6) is -0.163. The van der Waals surface area contributed by atoms with Gasteiger partial charge in [-0.05, 0) is 38.3 Å². The Morgan fingerprint density at radius 1 is 1.25 bits per heavy atom.